The number of hydrogen-bond donors (Lipinski definition) is 1. The molecular weight excluding hydrogens is 344 g/mol. The minimum Gasteiger partial charge on any atom is -0.481 e. The monoisotopic (exact) mass is 364 g/mol. The van der Waals surface area contributed by atoms with Crippen LogP contribution in [-0.4, -0.2) is 37.3 Å². The molecule has 128 valence electrons. The van der Waals surface area contributed by atoms with Crippen LogP contribution in [0.25, 0.3) is 6.08 Å². The van der Waals surface area contributed by atoms with Gasteiger partial charge in [0.25, 0.3) is 5.91 Å². The Morgan fingerprint density at radius 1 is 1.46 bits per heavy atom. The van der Waals surface area contributed by atoms with Crippen molar-refractivity contribution in [1.82, 2.24) is 9.47 Å². The second-order valence-electron chi connectivity index (χ2n) is 6.26. The van der Waals surface area contributed by atoms with Crippen LogP contribution in [0.3, 0.4) is 0 Å². The zero-order valence-corrected chi connectivity index (χ0v) is 15.4. The Bertz CT molecular complexity index is 747. The molecule has 0 bridgehead atoms. The number of rotatable bonds is 6. The van der Waals surface area contributed by atoms with Gasteiger partial charge in [0, 0.05) is 30.4 Å². The van der Waals surface area contributed by atoms with E-state index in [1.165, 1.54) is 40.9 Å². The van der Waals surface area contributed by atoms with Crippen LogP contribution >= 0.6 is 24.0 Å². The van der Waals surface area contributed by atoms with Crippen LogP contribution in [-0.2, 0) is 9.59 Å². The van der Waals surface area contributed by atoms with Crippen molar-refractivity contribution in [3.05, 3.63) is 27.9 Å². The van der Waals surface area contributed by atoms with E-state index in [1.54, 1.807) is 0 Å². The highest BCUT2D eigenvalue weighted by Gasteiger charge is 2.32. The quantitative estimate of drug-likeness (QED) is 0.618. The summed E-state index contributed by atoms with van der Waals surface area (Å²) in [4.78, 5) is 25.3. The van der Waals surface area contributed by atoms with Gasteiger partial charge in [-0.1, -0.05) is 24.0 Å². The number of aliphatic carboxylic acids is 1. The number of amides is 1. The Balaban J connectivity index is 1.76. The lowest BCUT2D eigenvalue weighted by atomic mass is 10.2. The molecule has 3 rings (SSSR count). The van der Waals surface area contributed by atoms with Crippen LogP contribution in [0.5, 0.6) is 0 Å². The summed E-state index contributed by atoms with van der Waals surface area (Å²) in [5.74, 6) is -0.977. The van der Waals surface area contributed by atoms with E-state index in [1.807, 2.05) is 6.08 Å². The summed E-state index contributed by atoms with van der Waals surface area (Å²) < 4.78 is 2.85. The Kier molecular flexibility index (Phi) is 4.83. The van der Waals surface area contributed by atoms with E-state index in [2.05, 4.69) is 24.5 Å². The minimum absolute atomic E-state index is 0.0403. The molecule has 0 unspecified atom stereocenters. The molecule has 24 heavy (non-hydrogen) atoms. The third-order valence-corrected chi connectivity index (χ3v) is 5.75. The molecule has 0 atom stereocenters. The number of thioether (sulfide) groups is 1. The first-order chi connectivity index (χ1) is 11.4. The summed E-state index contributed by atoms with van der Waals surface area (Å²) in [7, 11) is 0. The number of hydrogen-bond acceptors (Lipinski definition) is 4. The van der Waals surface area contributed by atoms with Crippen molar-refractivity contribution in [3.8, 4) is 0 Å². The van der Waals surface area contributed by atoms with Crippen LogP contribution < -0.4 is 0 Å². The SMILES string of the molecule is Cc1cc(/C=C2\SC(=S)N(CCCC(=O)O)C2=O)c(C)n1C1CC1. The molecule has 5 nitrogen and oxygen atoms in total. The summed E-state index contributed by atoms with van der Waals surface area (Å²) in [5, 5.41) is 8.72. The maximum Gasteiger partial charge on any atom is 0.303 e. The largest absolute Gasteiger partial charge is 0.481 e. The van der Waals surface area contributed by atoms with Gasteiger partial charge in [0.15, 0.2) is 0 Å². The molecular formula is C17H20N2O3S2. The summed E-state index contributed by atoms with van der Waals surface area (Å²) in [6, 6.07) is 2.72. The van der Waals surface area contributed by atoms with E-state index in [4.69, 9.17) is 17.3 Å². The van der Waals surface area contributed by atoms with E-state index < -0.39 is 5.97 Å². The smallest absolute Gasteiger partial charge is 0.303 e. The van der Waals surface area contributed by atoms with Gasteiger partial charge in [-0.2, -0.15) is 0 Å². The van der Waals surface area contributed by atoms with E-state index in [0.29, 0.717) is 28.2 Å². The zero-order chi connectivity index (χ0) is 17.4. The summed E-state index contributed by atoms with van der Waals surface area (Å²) in [5.41, 5.74) is 3.47. The predicted molar refractivity (Wildman–Crippen MR) is 98.9 cm³/mol. The van der Waals surface area contributed by atoms with Crippen molar-refractivity contribution in [2.45, 2.75) is 45.6 Å². The van der Waals surface area contributed by atoms with Crippen LogP contribution in [0.15, 0.2) is 11.0 Å². The Hall–Kier alpha value is -1.60. The van der Waals surface area contributed by atoms with Crippen molar-refractivity contribution < 1.29 is 14.7 Å². The number of aromatic nitrogens is 1. The molecule has 2 aliphatic rings. The van der Waals surface area contributed by atoms with Crippen molar-refractivity contribution >= 4 is 46.3 Å². The van der Waals surface area contributed by atoms with Gasteiger partial charge in [0.2, 0.25) is 0 Å². The number of thiocarbonyl (C=S) groups is 1. The van der Waals surface area contributed by atoms with E-state index in [9.17, 15) is 9.59 Å². The average Bonchev–Trinajstić information content (AvgIpc) is 3.24. The van der Waals surface area contributed by atoms with Gasteiger partial charge in [-0.3, -0.25) is 14.5 Å². The molecule has 0 spiro atoms. The first kappa shape index (κ1) is 17.2. The maximum absolute atomic E-state index is 12.5. The molecule has 1 saturated heterocycles. The highest BCUT2D eigenvalue weighted by atomic mass is 32.2. The Morgan fingerprint density at radius 2 is 2.17 bits per heavy atom. The normalized spacial score (nSPS) is 19.6. The lowest BCUT2D eigenvalue weighted by Crippen LogP contribution is -2.29. The molecule has 1 amide bonds. The fourth-order valence-electron chi connectivity index (χ4n) is 3.07. The Morgan fingerprint density at radius 3 is 2.79 bits per heavy atom. The lowest BCUT2D eigenvalue weighted by molar-refractivity contribution is -0.137. The number of carboxylic acids is 1. The molecule has 1 aromatic heterocycles. The lowest BCUT2D eigenvalue weighted by Gasteiger charge is -2.13. The van der Waals surface area contributed by atoms with Crippen molar-refractivity contribution in [1.29, 1.82) is 0 Å². The topological polar surface area (TPSA) is 62.5 Å². The summed E-state index contributed by atoms with van der Waals surface area (Å²) in [6.07, 6.45) is 4.81. The molecule has 2 heterocycles. The molecule has 2 fully saturated rings. The second kappa shape index (κ2) is 6.72. The van der Waals surface area contributed by atoms with Gasteiger partial charge in [-0.25, -0.2) is 0 Å². The summed E-state index contributed by atoms with van der Waals surface area (Å²) >= 11 is 6.58. The van der Waals surface area contributed by atoms with Crippen molar-refractivity contribution in [2.75, 3.05) is 6.54 Å². The van der Waals surface area contributed by atoms with E-state index >= 15 is 0 Å². The third kappa shape index (κ3) is 3.42. The highest BCUT2D eigenvalue weighted by molar-refractivity contribution is 8.26. The van der Waals surface area contributed by atoms with Crippen molar-refractivity contribution in [2.24, 2.45) is 0 Å². The maximum atomic E-state index is 12.5. The number of nitrogens with zero attached hydrogens (tertiary/aromatic N) is 2. The second-order valence-corrected chi connectivity index (χ2v) is 7.93. The third-order valence-electron chi connectivity index (χ3n) is 4.37. The molecule has 1 saturated carbocycles. The highest BCUT2D eigenvalue weighted by Crippen LogP contribution is 2.39. The molecule has 0 radical (unpaired) electrons. The fourth-order valence-corrected chi connectivity index (χ4v) is 4.37. The van der Waals surface area contributed by atoms with Gasteiger partial charge >= 0.3 is 5.97 Å². The van der Waals surface area contributed by atoms with Gasteiger partial charge in [0.1, 0.15) is 4.32 Å². The average molecular weight is 364 g/mol. The minimum atomic E-state index is -0.858. The standard InChI is InChI=1S/C17H20N2O3S2/c1-10-8-12(11(2)19(10)13-5-6-13)9-14-16(22)18(17(23)24-14)7-3-4-15(20)21/h8-9,13H,3-7H2,1-2H3,(H,20,21)/b14-9-. The number of carboxylic acid groups (broad SMARTS) is 1. The molecule has 7 heteroatoms. The fraction of sp³-hybridized carbons (Fsp3) is 0.471. The van der Waals surface area contributed by atoms with E-state index in [-0.39, 0.29) is 12.3 Å². The van der Waals surface area contributed by atoms with Gasteiger partial charge in [-0.05, 0) is 50.8 Å². The van der Waals surface area contributed by atoms with Crippen LogP contribution in [0.4, 0.5) is 0 Å². The first-order valence-corrected chi connectivity index (χ1v) is 9.26. The number of carbonyl (C=O) groups excluding carboxylic acids is 1. The van der Waals surface area contributed by atoms with Crippen molar-refractivity contribution in [3.63, 3.8) is 0 Å². The molecule has 1 aromatic rings. The molecule has 1 N–H and O–H groups in total. The molecule has 1 aliphatic carbocycles. The predicted octanol–water partition coefficient (Wildman–Crippen LogP) is 3.51. The number of aryl methyl sites for hydroxylation is 1. The summed E-state index contributed by atoms with van der Waals surface area (Å²) in [6.45, 7) is 4.54. The van der Waals surface area contributed by atoms with Gasteiger partial charge < -0.3 is 9.67 Å². The zero-order valence-electron chi connectivity index (χ0n) is 13.7. The van der Waals surface area contributed by atoms with Crippen LogP contribution in [0.2, 0.25) is 0 Å². The van der Waals surface area contributed by atoms with Gasteiger partial charge in [-0.15, -0.1) is 0 Å². The van der Waals surface area contributed by atoms with Crippen LogP contribution in [0, 0.1) is 13.8 Å². The first-order valence-electron chi connectivity index (χ1n) is 8.04. The molecule has 0 aromatic carbocycles. The molecule has 1 aliphatic heterocycles. The Labute approximate surface area is 150 Å². The van der Waals surface area contributed by atoms with Gasteiger partial charge in [0.05, 0.1) is 4.91 Å². The van der Waals surface area contributed by atoms with E-state index in [0.717, 1.165) is 5.56 Å². The number of carbonyl (C=O) groups is 2. The van der Waals surface area contributed by atoms with Crippen LogP contribution in [0.1, 0.15) is 48.7 Å².